The number of nitrogens with zero attached hydrogens (tertiary/aromatic N) is 2. The predicted octanol–water partition coefficient (Wildman–Crippen LogP) is 1.12. The van der Waals surface area contributed by atoms with Crippen molar-refractivity contribution in [3.8, 4) is 0 Å². The Balaban J connectivity index is 2.16. The third-order valence-electron chi connectivity index (χ3n) is 4.62. The number of likely N-dealkylation sites (N-methyl/N-ethyl adjacent to an activating group) is 2. The molecule has 1 aromatic rings. The van der Waals surface area contributed by atoms with Gasteiger partial charge in [-0.05, 0) is 46.1 Å². The Hall–Kier alpha value is -0.940. The highest BCUT2D eigenvalue weighted by Gasteiger charge is 2.36. The highest BCUT2D eigenvalue weighted by atomic mass is 16.3. The molecule has 1 heterocycles. The molecule has 2 unspecified atom stereocenters. The van der Waals surface area contributed by atoms with Crippen molar-refractivity contribution >= 4 is 0 Å². The molecular formula is C17H29N3O. The summed E-state index contributed by atoms with van der Waals surface area (Å²) in [5.41, 5.74) is 0.779. The van der Waals surface area contributed by atoms with Crippen molar-refractivity contribution in [2.75, 3.05) is 47.4 Å². The fourth-order valence-electron chi connectivity index (χ4n) is 3.37. The van der Waals surface area contributed by atoms with E-state index < -0.39 is 0 Å². The minimum absolute atomic E-state index is 0.110. The van der Waals surface area contributed by atoms with Crippen LogP contribution >= 0.6 is 0 Å². The van der Waals surface area contributed by atoms with E-state index in [-0.39, 0.29) is 12.1 Å². The SMILES string of the molecule is CNC(CO)(CN1CCCC1CN(C)C)c1ccccc1. The molecule has 0 amide bonds. The van der Waals surface area contributed by atoms with Gasteiger partial charge in [-0.3, -0.25) is 4.90 Å². The summed E-state index contributed by atoms with van der Waals surface area (Å²) in [6, 6.07) is 10.9. The molecular weight excluding hydrogens is 262 g/mol. The largest absolute Gasteiger partial charge is 0.394 e. The highest BCUT2D eigenvalue weighted by Crippen LogP contribution is 2.26. The second-order valence-corrected chi connectivity index (χ2v) is 6.39. The second-order valence-electron chi connectivity index (χ2n) is 6.39. The molecule has 0 aromatic heterocycles. The molecule has 1 aliphatic rings. The molecule has 1 fully saturated rings. The van der Waals surface area contributed by atoms with Gasteiger partial charge >= 0.3 is 0 Å². The number of hydrogen-bond donors (Lipinski definition) is 2. The molecule has 0 spiro atoms. The Kier molecular flexibility index (Phi) is 5.76. The van der Waals surface area contributed by atoms with Crippen molar-refractivity contribution in [1.29, 1.82) is 0 Å². The van der Waals surface area contributed by atoms with E-state index in [1.54, 1.807) is 0 Å². The summed E-state index contributed by atoms with van der Waals surface area (Å²) < 4.78 is 0. The van der Waals surface area contributed by atoms with Crippen LogP contribution in [0.3, 0.4) is 0 Å². The molecule has 0 aliphatic carbocycles. The zero-order valence-corrected chi connectivity index (χ0v) is 13.5. The Bertz CT molecular complexity index is 417. The topological polar surface area (TPSA) is 38.7 Å². The average molecular weight is 291 g/mol. The number of likely N-dealkylation sites (tertiary alicyclic amines) is 1. The van der Waals surface area contributed by atoms with Gasteiger partial charge in [0, 0.05) is 19.1 Å². The van der Waals surface area contributed by atoms with Gasteiger partial charge in [0.15, 0.2) is 0 Å². The van der Waals surface area contributed by atoms with Crippen LogP contribution < -0.4 is 5.32 Å². The van der Waals surface area contributed by atoms with E-state index in [1.807, 2.05) is 25.2 Å². The first kappa shape index (κ1) is 16.4. The van der Waals surface area contributed by atoms with Crippen LogP contribution in [0, 0.1) is 0 Å². The minimum Gasteiger partial charge on any atom is -0.394 e. The van der Waals surface area contributed by atoms with E-state index in [4.69, 9.17) is 0 Å². The standard InChI is InChI=1S/C17H29N3O/c1-18-17(14-21,15-8-5-4-6-9-15)13-20-11-7-10-16(20)12-19(2)3/h4-6,8-9,16,18,21H,7,10-14H2,1-3H3. The maximum Gasteiger partial charge on any atom is 0.0795 e. The van der Waals surface area contributed by atoms with Crippen LogP contribution in [0.4, 0.5) is 0 Å². The molecule has 2 atom stereocenters. The zero-order valence-electron chi connectivity index (χ0n) is 13.5. The first-order valence-electron chi connectivity index (χ1n) is 7.85. The van der Waals surface area contributed by atoms with E-state index in [1.165, 1.54) is 12.8 Å². The molecule has 4 heteroatoms. The Morgan fingerprint density at radius 1 is 1.33 bits per heavy atom. The first-order chi connectivity index (χ1) is 10.1. The third kappa shape index (κ3) is 3.83. The summed E-state index contributed by atoms with van der Waals surface area (Å²) in [6.07, 6.45) is 2.50. The van der Waals surface area contributed by atoms with Crippen LogP contribution in [0.2, 0.25) is 0 Å². The third-order valence-corrected chi connectivity index (χ3v) is 4.62. The summed E-state index contributed by atoms with van der Waals surface area (Å²) >= 11 is 0. The molecule has 2 rings (SSSR count). The Labute approximate surface area is 128 Å². The number of benzene rings is 1. The summed E-state index contributed by atoms with van der Waals surface area (Å²) in [7, 11) is 6.20. The van der Waals surface area contributed by atoms with E-state index in [2.05, 4.69) is 41.3 Å². The lowest BCUT2D eigenvalue weighted by Crippen LogP contribution is -2.54. The van der Waals surface area contributed by atoms with Crippen molar-refractivity contribution in [3.63, 3.8) is 0 Å². The summed E-state index contributed by atoms with van der Waals surface area (Å²) in [4.78, 5) is 4.78. The van der Waals surface area contributed by atoms with Crippen LogP contribution in [-0.2, 0) is 5.54 Å². The van der Waals surface area contributed by atoms with E-state index in [9.17, 15) is 5.11 Å². The average Bonchev–Trinajstić information content (AvgIpc) is 2.92. The van der Waals surface area contributed by atoms with Crippen molar-refractivity contribution in [1.82, 2.24) is 15.1 Å². The molecule has 1 aliphatic heterocycles. The molecule has 4 nitrogen and oxygen atoms in total. The Morgan fingerprint density at radius 3 is 2.62 bits per heavy atom. The maximum absolute atomic E-state index is 10.1. The van der Waals surface area contributed by atoms with Crippen LogP contribution in [0.5, 0.6) is 0 Å². The fourth-order valence-corrected chi connectivity index (χ4v) is 3.37. The normalized spacial score (nSPS) is 22.6. The van der Waals surface area contributed by atoms with Crippen molar-refractivity contribution in [2.45, 2.75) is 24.4 Å². The van der Waals surface area contributed by atoms with Gasteiger partial charge in [-0.2, -0.15) is 0 Å². The number of hydrogen-bond acceptors (Lipinski definition) is 4. The molecule has 118 valence electrons. The summed E-state index contributed by atoms with van der Waals surface area (Å²) in [5.74, 6) is 0. The van der Waals surface area contributed by atoms with Gasteiger partial charge in [0.1, 0.15) is 0 Å². The lowest BCUT2D eigenvalue weighted by molar-refractivity contribution is 0.0983. The lowest BCUT2D eigenvalue weighted by Gasteiger charge is -2.38. The van der Waals surface area contributed by atoms with E-state index >= 15 is 0 Å². The van der Waals surface area contributed by atoms with Gasteiger partial charge in [-0.15, -0.1) is 0 Å². The lowest BCUT2D eigenvalue weighted by atomic mass is 9.90. The number of aliphatic hydroxyl groups is 1. The van der Waals surface area contributed by atoms with Crippen LogP contribution in [0.25, 0.3) is 0 Å². The van der Waals surface area contributed by atoms with E-state index in [0.29, 0.717) is 6.04 Å². The second kappa shape index (κ2) is 7.36. The van der Waals surface area contributed by atoms with Gasteiger partial charge in [-0.1, -0.05) is 30.3 Å². The van der Waals surface area contributed by atoms with Crippen LogP contribution in [-0.4, -0.2) is 68.3 Å². The highest BCUT2D eigenvalue weighted by molar-refractivity contribution is 5.25. The quantitative estimate of drug-likeness (QED) is 0.790. The van der Waals surface area contributed by atoms with E-state index in [0.717, 1.165) is 25.2 Å². The molecule has 0 radical (unpaired) electrons. The molecule has 0 bridgehead atoms. The van der Waals surface area contributed by atoms with Crippen molar-refractivity contribution in [3.05, 3.63) is 35.9 Å². The predicted molar refractivity (Wildman–Crippen MR) is 87.4 cm³/mol. The minimum atomic E-state index is -0.379. The van der Waals surface area contributed by atoms with Gasteiger partial charge in [-0.25, -0.2) is 0 Å². The summed E-state index contributed by atoms with van der Waals surface area (Å²) in [6.45, 7) is 3.16. The van der Waals surface area contributed by atoms with Gasteiger partial charge in [0.2, 0.25) is 0 Å². The summed E-state index contributed by atoms with van der Waals surface area (Å²) in [5, 5.41) is 13.4. The number of aliphatic hydroxyl groups excluding tert-OH is 1. The molecule has 0 saturated carbocycles. The number of nitrogens with one attached hydrogen (secondary N) is 1. The monoisotopic (exact) mass is 291 g/mol. The van der Waals surface area contributed by atoms with Crippen LogP contribution in [0.15, 0.2) is 30.3 Å². The van der Waals surface area contributed by atoms with Gasteiger partial charge < -0.3 is 15.3 Å². The van der Waals surface area contributed by atoms with Crippen LogP contribution in [0.1, 0.15) is 18.4 Å². The maximum atomic E-state index is 10.1. The smallest absolute Gasteiger partial charge is 0.0795 e. The molecule has 2 N–H and O–H groups in total. The Morgan fingerprint density at radius 2 is 2.05 bits per heavy atom. The van der Waals surface area contributed by atoms with Crippen molar-refractivity contribution in [2.24, 2.45) is 0 Å². The number of rotatable bonds is 7. The molecule has 21 heavy (non-hydrogen) atoms. The van der Waals surface area contributed by atoms with Gasteiger partial charge in [0.25, 0.3) is 0 Å². The fraction of sp³-hybridized carbons (Fsp3) is 0.647. The van der Waals surface area contributed by atoms with Gasteiger partial charge in [0.05, 0.1) is 12.1 Å². The first-order valence-corrected chi connectivity index (χ1v) is 7.85. The zero-order chi connectivity index (χ0) is 15.3. The molecule has 1 aromatic carbocycles. The molecule has 1 saturated heterocycles. The van der Waals surface area contributed by atoms with Crippen molar-refractivity contribution < 1.29 is 5.11 Å².